The molecular formula is C23H28FN3O. The van der Waals surface area contributed by atoms with E-state index in [4.69, 9.17) is 0 Å². The molecule has 2 aromatic rings. The van der Waals surface area contributed by atoms with Crippen LogP contribution in [0.4, 0.5) is 10.1 Å². The van der Waals surface area contributed by atoms with Gasteiger partial charge in [0.25, 0.3) is 5.91 Å². The normalized spacial score (nSPS) is 15.6. The predicted octanol–water partition coefficient (Wildman–Crippen LogP) is 4.13. The molecule has 28 heavy (non-hydrogen) atoms. The Morgan fingerprint density at radius 3 is 2.57 bits per heavy atom. The van der Waals surface area contributed by atoms with E-state index in [-0.39, 0.29) is 11.7 Å². The van der Waals surface area contributed by atoms with E-state index in [9.17, 15) is 9.18 Å². The summed E-state index contributed by atoms with van der Waals surface area (Å²) in [6, 6.07) is 10.7. The highest BCUT2D eigenvalue weighted by Gasteiger charge is 2.15. The molecule has 0 fully saturated rings. The molecule has 0 saturated heterocycles. The number of fused-ring (bicyclic) bond motifs is 1. The van der Waals surface area contributed by atoms with Crippen molar-refractivity contribution in [2.45, 2.75) is 33.2 Å². The maximum atomic E-state index is 14.5. The average Bonchev–Trinajstić information content (AvgIpc) is 2.75. The fraction of sp³-hybridized carbons (Fsp3) is 0.348. The predicted molar refractivity (Wildman–Crippen MR) is 113 cm³/mol. The standard InChI is InChI=1S/C21H22FN3O.C2H6/c22-20-12-16(2-4-19(20)15-6-8-23-9-7-15)21(26)25-18-3-1-14-5-10-24-13-17(14)11-18;1-2/h1-4,6,11-12,23-24H,5,7-10,13H2,(H,25,26);1-2H3. The van der Waals surface area contributed by atoms with Crippen LogP contribution in [0.15, 0.2) is 42.5 Å². The molecule has 3 N–H and O–H groups in total. The van der Waals surface area contributed by atoms with E-state index >= 15 is 0 Å². The Kier molecular flexibility index (Phi) is 6.95. The fourth-order valence-corrected chi connectivity index (χ4v) is 3.55. The van der Waals surface area contributed by atoms with E-state index in [1.165, 1.54) is 17.2 Å². The number of hydrogen-bond acceptors (Lipinski definition) is 3. The highest BCUT2D eigenvalue weighted by molar-refractivity contribution is 6.04. The lowest BCUT2D eigenvalue weighted by molar-refractivity contribution is 0.102. The van der Waals surface area contributed by atoms with Crippen LogP contribution in [0, 0.1) is 5.82 Å². The molecule has 2 aliphatic rings. The Morgan fingerprint density at radius 1 is 1.00 bits per heavy atom. The van der Waals surface area contributed by atoms with E-state index in [0.717, 1.165) is 50.3 Å². The molecule has 2 heterocycles. The van der Waals surface area contributed by atoms with Gasteiger partial charge in [-0.15, -0.1) is 0 Å². The van der Waals surface area contributed by atoms with E-state index < -0.39 is 0 Å². The van der Waals surface area contributed by atoms with E-state index in [0.29, 0.717) is 11.1 Å². The Balaban J connectivity index is 0.00000109. The van der Waals surface area contributed by atoms with Gasteiger partial charge in [-0.1, -0.05) is 32.1 Å². The van der Waals surface area contributed by atoms with Crippen LogP contribution in [0.3, 0.4) is 0 Å². The molecule has 0 atom stereocenters. The number of halogens is 1. The minimum Gasteiger partial charge on any atom is -0.322 e. The van der Waals surface area contributed by atoms with Crippen molar-refractivity contribution >= 4 is 17.2 Å². The van der Waals surface area contributed by atoms with Crippen LogP contribution in [-0.2, 0) is 13.0 Å². The van der Waals surface area contributed by atoms with Gasteiger partial charge < -0.3 is 16.0 Å². The lowest BCUT2D eigenvalue weighted by atomic mass is 9.98. The summed E-state index contributed by atoms with van der Waals surface area (Å²) in [7, 11) is 0. The number of benzene rings is 2. The maximum Gasteiger partial charge on any atom is 0.255 e. The Hall–Kier alpha value is -2.50. The van der Waals surface area contributed by atoms with Crippen molar-refractivity contribution in [3.05, 3.63) is 70.5 Å². The van der Waals surface area contributed by atoms with E-state index in [2.05, 4.69) is 22.0 Å². The molecule has 4 nitrogen and oxygen atoms in total. The lowest BCUT2D eigenvalue weighted by Crippen LogP contribution is -2.23. The molecule has 0 saturated carbocycles. The maximum absolute atomic E-state index is 14.5. The van der Waals surface area contributed by atoms with Crippen LogP contribution >= 0.6 is 0 Å². The number of carbonyl (C=O) groups is 1. The van der Waals surface area contributed by atoms with Crippen molar-refractivity contribution < 1.29 is 9.18 Å². The van der Waals surface area contributed by atoms with Gasteiger partial charge in [-0.05, 0) is 66.9 Å². The smallest absolute Gasteiger partial charge is 0.255 e. The zero-order valence-electron chi connectivity index (χ0n) is 16.6. The number of carbonyl (C=O) groups excluding carboxylic acids is 1. The first-order valence-corrected chi connectivity index (χ1v) is 10.0. The number of nitrogens with one attached hydrogen (secondary N) is 3. The van der Waals surface area contributed by atoms with Crippen LogP contribution in [0.1, 0.15) is 47.3 Å². The SMILES string of the molecule is CC.O=C(Nc1ccc2c(c1)CNCC2)c1ccc(C2=CCNCC2)c(F)c1. The molecule has 2 aromatic carbocycles. The molecule has 2 aliphatic heterocycles. The van der Waals surface area contributed by atoms with E-state index in [1.54, 1.807) is 12.1 Å². The molecule has 0 aliphatic carbocycles. The largest absolute Gasteiger partial charge is 0.322 e. The van der Waals surface area contributed by atoms with Crippen LogP contribution in [0.2, 0.25) is 0 Å². The zero-order valence-corrected chi connectivity index (χ0v) is 16.6. The van der Waals surface area contributed by atoms with Gasteiger partial charge in [0.15, 0.2) is 0 Å². The van der Waals surface area contributed by atoms with Crippen LogP contribution in [0.25, 0.3) is 5.57 Å². The number of hydrogen-bond donors (Lipinski definition) is 3. The van der Waals surface area contributed by atoms with Crippen LogP contribution in [0.5, 0.6) is 0 Å². The number of amides is 1. The molecule has 5 heteroatoms. The number of rotatable bonds is 3. The van der Waals surface area contributed by atoms with Crippen molar-refractivity contribution in [1.29, 1.82) is 0 Å². The van der Waals surface area contributed by atoms with Crippen molar-refractivity contribution in [2.24, 2.45) is 0 Å². The average molecular weight is 381 g/mol. The summed E-state index contributed by atoms with van der Waals surface area (Å²) >= 11 is 0. The third-order valence-corrected chi connectivity index (χ3v) is 4.99. The summed E-state index contributed by atoms with van der Waals surface area (Å²) in [5.74, 6) is -0.640. The van der Waals surface area contributed by atoms with Gasteiger partial charge in [0, 0.05) is 29.9 Å². The summed E-state index contributed by atoms with van der Waals surface area (Å²) in [5, 5.41) is 9.42. The topological polar surface area (TPSA) is 53.2 Å². The quantitative estimate of drug-likeness (QED) is 0.749. The lowest BCUT2D eigenvalue weighted by Gasteiger charge is -2.18. The highest BCUT2D eigenvalue weighted by atomic mass is 19.1. The molecule has 0 spiro atoms. The van der Waals surface area contributed by atoms with Gasteiger partial charge in [0.05, 0.1) is 0 Å². The zero-order chi connectivity index (χ0) is 19.9. The highest BCUT2D eigenvalue weighted by Crippen LogP contribution is 2.24. The molecule has 1 amide bonds. The molecule has 0 unspecified atom stereocenters. The first kappa shape index (κ1) is 20.2. The van der Waals surface area contributed by atoms with Crippen molar-refractivity contribution in [3.8, 4) is 0 Å². The molecule has 0 bridgehead atoms. The fourth-order valence-electron chi connectivity index (χ4n) is 3.55. The first-order chi connectivity index (χ1) is 13.7. The molecule has 0 radical (unpaired) electrons. The summed E-state index contributed by atoms with van der Waals surface area (Å²) in [4.78, 5) is 12.5. The Labute approximate surface area is 166 Å². The van der Waals surface area contributed by atoms with Gasteiger partial charge in [-0.2, -0.15) is 0 Å². The Morgan fingerprint density at radius 2 is 1.82 bits per heavy atom. The number of anilines is 1. The molecule has 0 aromatic heterocycles. The van der Waals surface area contributed by atoms with Gasteiger partial charge >= 0.3 is 0 Å². The van der Waals surface area contributed by atoms with Crippen molar-refractivity contribution in [1.82, 2.24) is 10.6 Å². The van der Waals surface area contributed by atoms with Gasteiger partial charge in [-0.25, -0.2) is 4.39 Å². The second-order valence-corrected chi connectivity index (χ2v) is 6.74. The second kappa shape index (κ2) is 9.62. The van der Waals surface area contributed by atoms with Crippen molar-refractivity contribution in [2.75, 3.05) is 25.0 Å². The van der Waals surface area contributed by atoms with Gasteiger partial charge in [0.2, 0.25) is 0 Å². The summed E-state index contributed by atoms with van der Waals surface area (Å²) in [6.45, 7) is 7.40. The Bertz CT molecular complexity index is 876. The second-order valence-electron chi connectivity index (χ2n) is 6.74. The summed E-state index contributed by atoms with van der Waals surface area (Å²) in [6.07, 6.45) is 3.80. The minimum absolute atomic E-state index is 0.293. The monoisotopic (exact) mass is 381 g/mol. The first-order valence-electron chi connectivity index (χ1n) is 10.0. The third kappa shape index (κ3) is 4.66. The molecular weight excluding hydrogens is 353 g/mol. The molecule has 4 rings (SSSR count). The third-order valence-electron chi connectivity index (χ3n) is 4.99. The van der Waals surface area contributed by atoms with Crippen molar-refractivity contribution in [3.63, 3.8) is 0 Å². The van der Waals surface area contributed by atoms with Gasteiger partial charge in [0.1, 0.15) is 5.82 Å². The van der Waals surface area contributed by atoms with Crippen LogP contribution < -0.4 is 16.0 Å². The minimum atomic E-state index is -0.347. The summed E-state index contributed by atoms with van der Waals surface area (Å²) in [5.41, 5.74) is 5.17. The molecule has 148 valence electrons. The van der Waals surface area contributed by atoms with Crippen LogP contribution in [-0.4, -0.2) is 25.5 Å². The van der Waals surface area contributed by atoms with E-state index in [1.807, 2.05) is 32.1 Å². The van der Waals surface area contributed by atoms with Gasteiger partial charge in [-0.3, -0.25) is 4.79 Å². The summed E-state index contributed by atoms with van der Waals surface area (Å²) < 4.78 is 14.5.